The molecule has 1 radical (unpaired) electrons. The Balaban J connectivity index is 0.000000425. The Kier molecular flexibility index (Phi) is 8.89. The van der Waals surface area contributed by atoms with Crippen molar-refractivity contribution >= 4 is 5.78 Å². The van der Waals surface area contributed by atoms with Crippen LogP contribution in [0.2, 0.25) is 0 Å². The van der Waals surface area contributed by atoms with Gasteiger partial charge in [-0.05, 0) is 32.4 Å². The molecule has 0 aliphatic rings. The predicted molar refractivity (Wildman–Crippen MR) is 99.6 cm³/mol. The number of aromatic nitrogens is 2. The summed E-state index contributed by atoms with van der Waals surface area (Å²) in [6.07, 6.45) is 4.49. The molecule has 0 unspecified atom stereocenters. The number of halogens is 2. The topological polar surface area (TPSA) is 55.1 Å². The number of imidazole rings is 1. The van der Waals surface area contributed by atoms with E-state index < -0.39 is 11.6 Å². The van der Waals surface area contributed by atoms with Gasteiger partial charge in [-0.15, -0.1) is 12.1 Å². The van der Waals surface area contributed by atoms with Crippen molar-refractivity contribution in [2.75, 3.05) is 0 Å². The number of rotatable bonds is 3. The maximum atomic E-state index is 13.9. The largest absolute Gasteiger partial charge is 0.512 e. The molecule has 149 valence electrons. The molecule has 2 aromatic carbocycles. The number of carbonyl (C=O) groups is 1. The van der Waals surface area contributed by atoms with Crippen LogP contribution in [0.3, 0.4) is 0 Å². The van der Waals surface area contributed by atoms with Gasteiger partial charge < -0.3 is 9.67 Å². The number of ketones is 1. The van der Waals surface area contributed by atoms with E-state index in [4.69, 9.17) is 5.11 Å². The van der Waals surface area contributed by atoms with E-state index in [0.29, 0.717) is 5.82 Å². The van der Waals surface area contributed by atoms with Crippen LogP contribution in [-0.4, -0.2) is 20.4 Å². The zero-order valence-electron chi connectivity index (χ0n) is 15.5. The van der Waals surface area contributed by atoms with Crippen LogP contribution in [0.15, 0.2) is 60.6 Å². The number of para-hydroxylation sites is 1. The van der Waals surface area contributed by atoms with Gasteiger partial charge in [-0.1, -0.05) is 29.8 Å². The number of nitrogens with zero attached hydrogens (tertiary/aromatic N) is 2. The van der Waals surface area contributed by atoms with Crippen LogP contribution >= 0.6 is 0 Å². The van der Waals surface area contributed by atoms with Crippen molar-refractivity contribution in [3.05, 3.63) is 83.9 Å². The fraction of sp³-hybridized carbons (Fsp3) is 0.143. The normalized spacial score (nSPS) is 10.5. The minimum atomic E-state index is -0.675. The third-order valence-electron chi connectivity index (χ3n) is 3.51. The van der Waals surface area contributed by atoms with E-state index in [9.17, 15) is 13.6 Å². The molecule has 0 fully saturated rings. The summed E-state index contributed by atoms with van der Waals surface area (Å²) < 4.78 is 28.6. The Hall–Kier alpha value is -2.63. The van der Waals surface area contributed by atoms with Crippen LogP contribution in [0.4, 0.5) is 8.78 Å². The number of hydrogen-bond donors (Lipinski definition) is 1. The van der Waals surface area contributed by atoms with Crippen LogP contribution < -0.4 is 0 Å². The molecule has 4 nitrogen and oxygen atoms in total. The van der Waals surface area contributed by atoms with Gasteiger partial charge in [0.1, 0.15) is 0 Å². The van der Waals surface area contributed by atoms with Gasteiger partial charge in [0.15, 0.2) is 5.78 Å². The van der Waals surface area contributed by atoms with Gasteiger partial charge >= 0.3 is 0 Å². The van der Waals surface area contributed by atoms with Gasteiger partial charge in [0.2, 0.25) is 0 Å². The second-order valence-electron chi connectivity index (χ2n) is 5.84. The quantitative estimate of drug-likeness (QED) is 0.280. The molecule has 0 amide bonds. The molecule has 3 aromatic rings. The zero-order valence-corrected chi connectivity index (χ0v) is 17.9. The summed E-state index contributed by atoms with van der Waals surface area (Å²) >= 11 is 0. The van der Waals surface area contributed by atoms with Crippen LogP contribution in [0.5, 0.6) is 0 Å². The van der Waals surface area contributed by atoms with Gasteiger partial charge in [0.05, 0.1) is 11.6 Å². The molecule has 0 saturated carbocycles. The second kappa shape index (κ2) is 10.6. The monoisotopic (exact) mass is 562 g/mol. The van der Waals surface area contributed by atoms with Crippen molar-refractivity contribution in [2.45, 2.75) is 20.8 Å². The van der Waals surface area contributed by atoms with Crippen LogP contribution in [0.1, 0.15) is 19.4 Å². The average Bonchev–Trinajstić information content (AvgIpc) is 3.03. The summed E-state index contributed by atoms with van der Waals surface area (Å²) in [5, 5.41) is 8.36. The minimum Gasteiger partial charge on any atom is -0.512 e. The fourth-order valence-electron chi connectivity index (χ4n) is 2.43. The molecule has 1 aromatic heterocycles. The van der Waals surface area contributed by atoms with Gasteiger partial charge in [0.25, 0.3) is 0 Å². The number of hydrogen-bond acceptors (Lipinski definition) is 3. The summed E-state index contributed by atoms with van der Waals surface area (Å²) in [7, 11) is 0. The third-order valence-corrected chi connectivity index (χ3v) is 3.51. The molecule has 0 atom stereocenters. The Bertz CT molecular complexity index is 980. The van der Waals surface area contributed by atoms with Crippen LogP contribution in [0, 0.1) is 24.6 Å². The summed E-state index contributed by atoms with van der Waals surface area (Å²) in [5.74, 6) is -0.990. The summed E-state index contributed by atoms with van der Waals surface area (Å²) in [5.41, 5.74) is 2.09. The van der Waals surface area contributed by atoms with E-state index in [1.54, 1.807) is 17.0 Å². The summed E-state index contributed by atoms with van der Waals surface area (Å²) in [6, 6.07) is 12.3. The van der Waals surface area contributed by atoms with Crippen LogP contribution in [0.25, 0.3) is 17.1 Å². The molecule has 7 heteroatoms. The molecule has 0 bridgehead atoms. The maximum absolute atomic E-state index is 13.9. The molecule has 0 aliphatic heterocycles. The molecule has 3 rings (SSSR count). The summed E-state index contributed by atoms with van der Waals surface area (Å²) in [6.45, 7) is 4.81. The number of aryl methyl sites for hydroxylation is 1. The number of carbonyl (C=O) groups excluding carboxylic acids is 1. The Morgan fingerprint density at radius 3 is 2.46 bits per heavy atom. The standard InChI is InChI=1S/C16H11F2N2.C5H8O2.Ir/c1-11-4-2-3-5-15(11)20-9-8-19-16(20)13-7-6-12(17)10-14(13)18;1-4(6)3-5(2)7;/h2-6,8-10H,1H3;3,6H,1-2H3;/q-1;;/b;4-3-;. The molecule has 1 N–H and O–H groups in total. The van der Waals surface area contributed by atoms with E-state index in [0.717, 1.165) is 23.4 Å². The predicted octanol–water partition coefficient (Wildman–Crippen LogP) is 4.96. The SMILES string of the molecule is CC(=O)/C=C(/C)O.Cc1ccccc1-n1ccnc1-c1[c-]cc(F)cc1F.[Ir]. The van der Waals surface area contributed by atoms with Gasteiger partial charge in [-0.3, -0.25) is 18.6 Å². The number of aliphatic hydroxyl groups is 1. The maximum Gasteiger partial charge on any atom is 0.155 e. The van der Waals surface area contributed by atoms with E-state index in [1.807, 2.05) is 31.2 Å². The van der Waals surface area contributed by atoms with E-state index in [1.165, 1.54) is 19.9 Å². The van der Waals surface area contributed by atoms with Crippen molar-refractivity contribution in [1.82, 2.24) is 9.55 Å². The van der Waals surface area contributed by atoms with Crippen molar-refractivity contribution in [2.24, 2.45) is 0 Å². The Labute approximate surface area is 175 Å². The fourth-order valence-corrected chi connectivity index (χ4v) is 2.43. The van der Waals surface area contributed by atoms with Crippen molar-refractivity contribution in [3.8, 4) is 17.1 Å². The average molecular weight is 562 g/mol. The van der Waals surface area contributed by atoms with E-state index >= 15 is 0 Å². The van der Waals surface area contributed by atoms with E-state index in [-0.39, 0.29) is 37.2 Å². The summed E-state index contributed by atoms with van der Waals surface area (Å²) in [4.78, 5) is 14.2. The van der Waals surface area contributed by atoms with Gasteiger partial charge in [-0.2, -0.15) is 0 Å². The molecule has 28 heavy (non-hydrogen) atoms. The number of aliphatic hydroxyl groups excluding tert-OH is 1. The Morgan fingerprint density at radius 2 is 1.93 bits per heavy atom. The van der Waals surface area contributed by atoms with E-state index in [2.05, 4.69) is 11.1 Å². The molecular weight excluding hydrogens is 542 g/mol. The zero-order chi connectivity index (χ0) is 20.0. The van der Waals surface area contributed by atoms with Crippen molar-refractivity contribution < 1.29 is 38.8 Å². The first kappa shape index (κ1) is 23.4. The first-order chi connectivity index (χ1) is 12.8. The second-order valence-corrected chi connectivity index (χ2v) is 5.84. The molecule has 0 saturated heterocycles. The van der Waals surface area contributed by atoms with Gasteiger partial charge in [-0.25, -0.2) is 0 Å². The minimum absolute atomic E-state index is 0. The first-order valence-electron chi connectivity index (χ1n) is 8.14. The molecular formula is C21H19F2IrN2O2-. The van der Waals surface area contributed by atoms with Gasteiger partial charge in [0, 0.05) is 55.9 Å². The molecule has 0 spiro atoms. The van der Waals surface area contributed by atoms with Crippen LogP contribution in [-0.2, 0) is 24.9 Å². The third kappa shape index (κ3) is 6.22. The first-order valence-corrected chi connectivity index (χ1v) is 8.14. The molecule has 1 heterocycles. The van der Waals surface area contributed by atoms with Crippen molar-refractivity contribution in [3.63, 3.8) is 0 Å². The smallest absolute Gasteiger partial charge is 0.155 e. The molecule has 0 aliphatic carbocycles. The number of benzene rings is 2. The Morgan fingerprint density at radius 1 is 1.25 bits per heavy atom. The number of allylic oxidation sites excluding steroid dienone is 2. The van der Waals surface area contributed by atoms with Crippen molar-refractivity contribution in [1.29, 1.82) is 0 Å².